The van der Waals surface area contributed by atoms with Crippen molar-refractivity contribution in [2.24, 2.45) is 0 Å². The Bertz CT molecular complexity index is 860. The monoisotopic (exact) mass is 374 g/mol. The highest BCUT2D eigenvalue weighted by atomic mass is 32.1. The first-order chi connectivity index (χ1) is 12.1. The number of amides is 1. The van der Waals surface area contributed by atoms with Crippen LogP contribution in [0.4, 0.5) is 0 Å². The minimum Gasteiger partial charge on any atom is -0.490 e. The summed E-state index contributed by atoms with van der Waals surface area (Å²) in [5.74, 6) is 0.00453. The number of nitrogens with one attached hydrogen (secondary N) is 2. The Kier molecular flexibility index (Phi) is 5.11. The molecule has 2 aromatic rings. The number of thiophene rings is 1. The molecule has 1 amide bonds. The Balaban J connectivity index is 1.85. The van der Waals surface area contributed by atoms with Crippen LogP contribution >= 0.6 is 23.6 Å². The fourth-order valence-electron chi connectivity index (χ4n) is 2.16. The van der Waals surface area contributed by atoms with E-state index >= 15 is 0 Å². The predicted molar refractivity (Wildman–Crippen MR) is 98.7 cm³/mol. The zero-order chi connectivity index (χ0) is 17.8. The molecule has 0 unspecified atom stereocenters. The Morgan fingerprint density at radius 2 is 2.12 bits per heavy atom. The van der Waals surface area contributed by atoms with Crippen molar-refractivity contribution < 1.29 is 19.1 Å². The summed E-state index contributed by atoms with van der Waals surface area (Å²) in [6, 6.07) is 8.53. The molecular formula is C17H14N2O4S2. The lowest BCUT2D eigenvalue weighted by Gasteiger charge is -2.11. The van der Waals surface area contributed by atoms with Crippen LogP contribution in [0.5, 0.6) is 11.5 Å². The van der Waals surface area contributed by atoms with Crippen LogP contribution in [0.3, 0.4) is 0 Å². The first-order valence-electron chi connectivity index (χ1n) is 7.43. The van der Waals surface area contributed by atoms with E-state index in [1.54, 1.807) is 41.8 Å². The van der Waals surface area contributed by atoms with Gasteiger partial charge in [0.15, 0.2) is 16.6 Å². The van der Waals surface area contributed by atoms with Gasteiger partial charge in [0.05, 0.1) is 6.61 Å². The fourth-order valence-corrected chi connectivity index (χ4v) is 2.96. The second-order valence-electron chi connectivity index (χ2n) is 4.97. The van der Waals surface area contributed by atoms with Crippen LogP contribution in [0.1, 0.15) is 22.2 Å². The molecule has 2 N–H and O–H groups in total. The fraction of sp³-hybridized carbons (Fsp3) is 0.118. The molecule has 0 radical (unpaired) electrons. The number of carbonyl (C=O) groups excluding carboxylic acids is 2. The average molecular weight is 374 g/mol. The van der Waals surface area contributed by atoms with Crippen LogP contribution in [-0.4, -0.2) is 23.6 Å². The van der Waals surface area contributed by atoms with Gasteiger partial charge < -0.3 is 14.8 Å². The molecule has 8 heteroatoms. The number of esters is 1. The van der Waals surface area contributed by atoms with Gasteiger partial charge in [-0.2, -0.15) is 0 Å². The van der Waals surface area contributed by atoms with E-state index in [9.17, 15) is 9.59 Å². The Morgan fingerprint density at radius 1 is 1.28 bits per heavy atom. The lowest BCUT2D eigenvalue weighted by atomic mass is 10.1. The van der Waals surface area contributed by atoms with E-state index in [0.717, 1.165) is 0 Å². The summed E-state index contributed by atoms with van der Waals surface area (Å²) in [7, 11) is 0. The quantitative estimate of drug-likeness (QED) is 0.363. The predicted octanol–water partition coefficient (Wildman–Crippen LogP) is 2.71. The summed E-state index contributed by atoms with van der Waals surface area (Å²) in [6.45, 7) is 2.24. The highest BCUT2D eigenvalue weighted by Crippen LogP contribution is 2.30. The third-order valence-electron chi connectivity index (χ3n) is 3.22. The molecule has 0 aliphatic carbocycles. The largest absolute Gasteiger partial charge is 0.490 e. The molecule has 0 saturated carbocycles. The molecule has 1 saturated heterocycles. The van der Waals surface area contributed by atoms with Gasteiger partial charge in [-0.15, -0.1) is 11.3 Å². The smallest absolute Gasteiger partial charge is 0.353 e. The van der Waals surface area contributed by atoms with Crippen molar-refractivity contribution in [1.29, 1.82) is 0 Å². The molecule has 0 bridgehead atoms. The molecule has 25 heavy (non-hydrogen) atoms. The number of benzene rings is 1. The van der Waals surface area contributed by atoms with Gasteiger partial charge in [0.25, 0.3) is 5.91 Å². The maximum atomic E-state index is 12.1. The summed E-state index contributed by atoms with van der Waals surface area (Å²) in [5, 5.41) is 7.34. The lowest BCUT2D eigenvalue weighted by molar-refractivity contribution is -0.115. The molecular weight excluding hydrogens is 360 g/mol. The topological polar surface area (TPSA) is 76.7 Å². The summed E-state index contributed by atoms with van der Waals surface area (Å²) in [4.78, 5) is 24.3. The van der Waals surface area contributed by atoms with Crippen molar-refractivity contribution >= 4 is 46.6 Å². The molecule has 1 aliphatic rings. The molecule has 128 valence electrons. The van der Waals surface area contributed by atoms with E-state index in [-0.39, 0.29) is 11.0 Å². The van der Waals surface area contributed by atoms with Crippen molar-refractivity contribution in [3.8, 4) is 11.5 Å². The molecule has 1 aliphatic heterocycles. The van der Waals surface area contributed by atoms with E-state index < -0.39 is 5.97 Å². The number of thiocarbonyl (C=S) groups is 1. The van der Waals surface area contributed by atoms with Crippen molar-refractivity contribution in [1.82, 2.24) is 10.6 Å². The van der Waals surface area contributed by atoms with Crippen molar-refractivity contribution in [3.05, 3.63) is 51.8 Å². The zero-order valence-electron chi connectivity index (χ0n) is 13.2. The van der Waals surface area contributed by atoms with Crippen molar-refractivity contribution in [2.45, 2.75) is 6.92 Å². The molecule has 0 atom stereocenters. The summed E-state index contributed by atoms with van der Waals surface area (Å²) in [6.07, 6.45) is 1.64. The summed E-state index contributed by atoms with van der Waals surface area (Å²) in [5.41, 5.74) is 1.05. The summed E-state index contributed by atoms with van der Waals surface area (Å²) >= 11 is 6.20. The van der Waals surface area contributed by atoms with Crippen molar-refractivity contribution in [2.75, 3.05) is 6.61 Å². The first-order valence-corrected chi connectivity index (χ1v) is 8.72. The highest BCUT2D eigenvalue weighted by molar-refractivity contribution is 7.80. The van der Waals surface area contributed by atoms with Crippen LogP contribution < -0.4 is 20.1 Å². The SMILES string of the molecule is CCOc1cc(/C=C2/NC(=S)NC2=O)ccc1OC(=O)c1cccs1. The van der Waals surface area contributed by atoms with Crippen molar-refractivity contribution in [3.63, 3.8) is 0 Å². The second-order valence-corrected chi connectivity index (χ2v) is 6.33. The number of rotatable bonds is 5. The second kappa shape index (κ2) is 7.45. The first kappa shape index (κ1) is 17.1. The van der Waals surface area contributed by atoms with Crippen LogP contribution in [0, 0.1) is 0 Å². The number of hydrogen-bond acceptors (Lipinski definition) is 6. The lowest BCUT2D eigenvalue weighted by Crippen LogP contribution is -2.21. The molecule has 2 heterocycles. The van der Waals surface area contributed by atoms with E-state index in [4.69, 9.17) is 21.7 Å². The van der Waals surface area contributed by atoms with Gasteiger partial charge in [0, 0.05) is 0 Å². The number of carbonyl (C=O) groups is 2. The van der Waals surface area contributed by atoms with E-state index in [1.165, 1.54) is 11.3 Å². The summed E-state index contributed by atoms with van der Waals surface area (Å²) < 4.78 is 11.0. The molecule has 1 fully saturated rings. The van der Waals surface area contributed by atoms with Gasteiger partial charge in [-0.3, -0.25) is 10.1 Å². The van der Waals surface area contributed by atoms with Gasteiger partial charge in [0.2, 0.25) is 0 Å². The molecule has 3 rings (SSSR count). The van der Waals surface area contributed by atoms with Gasteiger partial charge in [0.1, 0.15) is 10.6 Å². The Morgan fingerprint density at radius 3 is 2.76 bits per heavy atom. The van der Waals surface area contributed by atoms with Gasteiger partial charge in [-0.05, 0) is 54.4 Å². The Hall–Kier alpha value is -2.71. The van der Waals surface area contributed by atoms with Crippen LogP contribution in [0.15, 0.2) is 41.4 Å². The average Bonchev–Trinajstić information content (AvgIpc) is 3.20. The standard InChI is InChI=1S/C17H14N2O4S2/c1-2-22-13-9-10(8-11-15(20)19-17(24)18-11)5-6-12(13)23-16(21)14-4-3-7-25-14/h3-9H,2H2,1H3,(H2,18,19,20,24)/b11-8+. The molecule has 6 nitrogen and oxygen atoms in total. The third-order valence-corrected chi connectivity index (χ3v) is 4.28. The maximum absolute atomic E-state index is 12.1. The van der Waals surface area contributed by atoms with Crippen LogP contribution in [0.2, 0.25) is 0 Å². The van der Waals surface area contributed by atoms with E-state index in [0.29, 0.717) is 34.2 Å². The normalized spacial score (nSPS) is 15.0. The highest BCUT2D eigenvalue weighted by Gasteiger charge is 2.20. The van der Waals surface area contributed by atoms with E-state index in [2.05, 4.69) is 10.6 Å². The molecule has 1 aromatic heterocycles. The van der Waals surface area contributed by atoms with E-state index in [1.807, 2.05) is 6.92 Å². The van der Waals surface area contributed by atoms with Gasteiger partial charge in [-0.1, -0.05) is 12.1 Å². The molecule has 0 spiro atoms. The third kappa shape index (κ3) is 4.04. The van der Waals surface area contributed by atoms with Gasteiger partial charge in [-0.25, -0.2) is 4.79 Å². The van der Waals surface area contributed by atoms with Crippen LogP contribution in [-0.2, 0) is 4.79 Å². The Labute approximate surface area is 153 Å². The molecule has 1 aromatic carbocycles. The number of ether oxygens (including phenoxy) is 2. The zero-order valence-corrected chi connectivity index (χ0v) is 14.8. The maximum Gasteiger partial charge on any atom is 0.353 e. The minimum atomic E-state index is -0.441. The minimum absolute atomic E-state index is 0.266. The van der Waals surface area contributed by atoms with Crippen LogP contribution in [0.25, 0.3) is 6.08 Å². The van der Waals surface area contributed by atoms with Gasteiger partial charge >= 0.3 is 5.97 Å². The number of hydrogen-bond donors (Lipinski definition) is 2.